The summed E-state index contributed by atoms with van der Waals surface area (Å²) in [5.74, 6) is 0. The van der Waals surface area contributed by atoms with Gasteiger partial charge >= 0.3 is 0 Å². The van der Waals surface area contributed by atoms with Gasteiger partial charge in [-0.2, -0.15) is 0 Å². The second kappa shape index (κ2) is 5.08. The number of aromatic nitrogens is 1. The summed E-state index contributed by atoms with van der Waals surface area (Å²) in [7, 11) is 0. The van der Waals surface area contributed by atoms with Crippen molar-refractivity contribution in [3.8, 4) is 10.6 Å². The van der Waals surface area contributed by atoms with E-state index in [0.717, 1.165) is 11.4 Å². The van der Waals surface area contributed by atoms with Crippen LogP contribution in [0.15, 0.2) is 35.7 Å². The number of thiazole rings is 1. The molecule has 0 atom stereocenters. The molecule has 2 aromatic rings. The van der Waals surface area contributed by atoms with Crippen LogP contribution in [0, 0.1) is 0 Å². The molecule has 0 radical (unpaired) electrons. The third kappa shape index (κ3) is 2.66. The van der Waals surface area contributed by atoms with Crippen LogP contribution in [0.3, 0.4) is 0 Å². The van der Waals surface area contributed by atoms with Crippen molar-refractivity contribution in [3.05, 3.63) is 41.4 Å². The SMILES string of the molecule is CCCCc1csc(-c2ccccc2)n1. The first-order valence-electron chi connectivity index (χ1n) is 5.40. The Hall–Kier alpha value is -1.15. The number of aryl methyl sites for hydroxylation is 1. The Kier molecular flexibility index (Phi) is 3.51. The second-order valence-corrected chi connectivity index (χ2v) is 4.47. The van der Waals surface area contributed by atoms with E-state index in [1.54, 1.807) is 11.3 Å². The van der Waals surface area contributed by atoms with Gasteiger partial charge in [-0.25, -0.2) is 4.98 Å². The molecule has 2 heteroatoms. The maximum atomic E-state index is 4.64. The van der Waals surface area contributed by atoms with E-state index in [1.165, 1.54) is 24.1 Å². The Bertz CT molecular complexity index is 405. The van der Waals surface area contributed by atoms with Crippen molar-refractivity contribution in [1.82, 2.24) is 4.98 Å². The van der Waals surface area contributed by atoms with Crippen molar-refractivity contribution in [2.75, 3.05) is 0 Å². The third-order valence-electron chi connectivity index (χ3n) is 2.36. The van der Waals surface area contributed by atoms with E-state index in [-0.39, 0.29) is 0 Å². The Morgan fingerprint density at radius 2 is 2.00 bits per heavy atom. The highest BCUT2D eigenvalue weighted by Gasteiger charge is 2.03. The van der Waals surface area contributed by atoms with Gasteiger partial charge in [-0.1, -0.05) is 43.7 Å². The highest BCUT2D eigenvalue weighted by Crippen LogP contribution is 2.23. The van der Waals surface area contributed by atoms with Crippen molar-refractivity contribution in [3.63, 3.8) is 0 Å². The number of nitrogens with zero attached hydrogens (tertiary/aromatic N) is 1. The lowest BCUT2D eigenvalue weighted by molar-refractivity contribution is 0.781. The van der Waals surface area contributed by atoms with Gasteiger partial charge in [0.25, 0.3) is 0 Å². The Balaban J connectivity index is 2.14. The Morgan fingerprint density at radius 3 is 2.73 bits per heavy atom. The Labute approximate surface area is 94.8 Å². The molecule has 0 bridgehead atoms. The molecule has 0 aliphatic carbocycles. The van der Waals surface area contributed by atoms with Crippen LogP contribution >= 0.6 is 11.3 Å². The average Bonchev–Trinajstić information content (AvgIpc) is 2.76. The molecule has 1 aromatic heterocycles. The lowest BCUT2D eigenvalue weighted by atomic mass is 10.2. The minimum absolute atomic E-state index is 1.11. The van der Waals surface area contributed by atoms with Gasteiger partial charge < -0.3 is 0 Å². The van der Waals surface area contributed by atoms with Gasteiger partial charge in [0.2, 0.25) is 0 Å². The van der Waals surface area contributed by atoms with Gasteiger partial charge in [-0.05, 0) is 12.8 Å². The number of rotatable bonds is 4. The van der Waals surface area contributed by atoms with E-state index >= 15 is 0 Å². The number of benzene rings is 1. The number of unbranched alkanes of at least 4 members (excludes halogenated alkanes) is 1. The smallest absolute Gasteiger partial charge is 0.123 e. The summed E-state index contributed by atoms with van der Waals surface area (Å²) in [4.78, 5) is 4.64. The van der Waals surface area contributed by atoms with Crippen molar-refractivity contribution in [1.29, 1.82) is 0 Å². The quantitative estimate of drug-likeness (QED) is 0.749. The molecule has 0 saturated carbocycles. The summed E-state index contributed by atoms with van der Waals surface area (Å²) in [6, 6.07) is 10.4. The van der Waals surface area contributed by atoms with Gasteiger partial charge in [0.05, 0.1) is 5.69 Å². The maximum Gasteiger partial charge on any atom is 0.123 e. The summed E-state index contributed by atoms with van der Waals surface area (Å²) in [6.45, 7) is 2.21. The summed E-state index contributed by atoms with van der Waals surface area (Å²) in [6.07, 6.45) is 3.58. The molecule has 0 aliphatic rings. The lowest BCUT2D eigenvalue weighted by Crippen LogP contribution is -1.84. The molecule has 1 aromatic carbocycles. The van der Waals surface area contributed by atoms with E-state index in [9.17, 15) is 0 Å². The Morgan fingerprint density at radius 1 is 1.20 bits per heavy atom. The highest BCUT2D eigenvalue weighted by molar-refractivity contribution is 7.13. The second-order valence-electron chi connectivity index (χ2n) is 3.61. The van der Waals surface area contributed by atoms with Crippen molar-refractivity contribution >= 4 is 11.3 Å². The van der Waals surface area contributed by atoms with E-state index < -0.39 is 0 Å². The molecule has 0 amide bonds. The van der Waals surface area contributed by atoms with Crippen LogP contribution in [0.2, 0.25) is 0 Å². The van der Waals surface area contributed by atoms with Crippen molar-refractivity contribution in [2.45, 2.75) is 26.2 Å². The predicted octanol–water partition coefficient (Wildman–Crippen LogP) is 4.15. The van der Waals surface area contributed by atoms with Crippen LogP contribution in [0.1, 0.15) is 25.5 Å². The topological polar surface area (TPSA) is 12.9 Å². The van der Waals surface area contributed by atoms with E-state index in [1.807, 2.05) is 6.07 Å². The van der Waals surface area contributed by atoms with Crippen LogP contribution in [-0.4, -0.2) is 4.98 Å². The molecule has 0 spiro atoms. The first kappa shape index (κ1) is 10.4. The third-order valence-corrected chi connectivity index (χ3v) is 3.30. The van der Waals surface area contributed by atoms with E-state index in [2.05, 4.69) is 41.6 Å². The fraction of sp³-hybridized carbons (Fsp3) is 0.308. The minimum atomic E-state index is 1.11. The predicted molar refractivity (Wildman–Crippen MR) is 66.2 cm³/mol. The van der Waals surface area contributed by atoms with Gasteiger partial charge in [0, 0.05) is 10.9 Å². The molecule has 0 fully saturated rings. The fourth-order valence-corrected chi connectivity index (χ4v) is 2.35. The maximum absolute atomic E-state index is 4.64. The molecule has 2 rings (SSSR count). The molecular formula is C13H15NS. The van der Waals surface area contributed by atoms with E-state index in [0.29, 0.717) is 0 Å². The molecule has 78 valence electrons. The zero-order valence-electron chi connectivity index (χ0n) is 8.94. The number of hydrogen-bond acceptors (Lipinski definition) is 2. The van der Waals surface area contributed by atoms with Crippen LogP contribution in [0.25, 0.3) is 10.6 Å². The fourth-order valence-electron chi connectivity index (χ4n) is 1.49. The monoisotopic (exact) mass is 217 g/mol. The standard InChI is InChI=1S/C13H15NS/c1-2-3-9-12-10-15-13(14-12)11-7-5-4-6-8-11/h4-8,10H,2-3,9H2,1H3. The zero-order chi connectivity index (χ0) is 10.5. The average molecular weight is 217 g/mol. The van der Waals surface area contributed by atoms with Gasteiger partial charge in [0.15, 0.2) is 0 Å². The minimum Gasteiger partial charge on any atom is -0.241 e. The van der Waals surface area contributed by atoms with Crippen molar-refractivity contribution < 1.29 is 0 Å². The molecule has 0 saturated heterocycles. The molecule has 0 N–H and O–H groups in total. The van der Waals surface area contributed by atoms with Crippen LogP contribution < -0.4 is 0 Å². The van der Waals surface area contributed by atoms with E-state index in [4.69, 9.17) is 0 Å². The first-order valence-corrected chi connectivity index (χ1v) is 6.28. The first-order chi connectivity index (χ1) is 7.40. The van der Waals surface area contributed by atoms with Crippen LogP contribution in [-0.2, 0) is 6.42 Å². The normalized spacial score (nSPS) is 10.5. The summed E-state index contributed by atoms with van der Waals surface area (Å²) >= 11 is 1.74. The molecule has 0 unspecified atom stereocenters. The zero-order valence-corrected chi connectivity index (χ0v) is 9.76. The molecule has 0 aliphatic heterocycles. The molecule has 1 nitrogen and oxygen atoms in total. The highest BCUT2D eigenvalue weighted by atomic mass is 32.1. The van der Waals surface area contributed by atoms with Gasteiger partial charge in [-0.3, -0.25) is 0 Å². The van der Waals surface area contributed by atoms with Crippen LogP contribution in [0.4, 0.5) is 0 Å². The largest absolute Gasteiger partial charge is 0.241 e. The molecule has 1 heterocycles. The van der Waals surface area contributed by atoms with Crippen LogP contribution in [0.5, 0.6) is 0 Å². The lowest BCUT2D eigenvalue weighted by Gasteiger charge is -1.94. The summed E-state index contributed by atoms with van der Waals surface area (Å²) < 4.78 is 0. The van der Waals surface area contributed by atoms with Gasteiger partial charge in [-0.15, -0.1) is 11.3 Å². The van der Waals surface area contributed by atoms with Crippen molar-refractivity contribution in [2.24, 2.45) is 0 Å². The molecule has 15 heavy (non-hydrogen) atoms. The summed E-state index contributed by atoms with van der Waals surface area (Å²) in [5.41, 5.74) is 2.46. The summed E-state index contributed by atoms with van der Waals surface area (Å²) in [5, 5.41) is 3.32. The molecular weight excluding hydrogens is 202 g/mol. The number of hydrogen-bond donors (Lipinski definition) is 0. The van der Waals surface area contributed by atoms with Gasteiger partial charge in [0.1, 0.15) is 5.01 Å².